The molecule has 0 aliphatic carbocycles. The van der Waals surface area contributed by atoms with E-state index < -0.39 is 0 Å². The van der Waals surface area contributed by atoms with Crippen molar-refractivity contribution in [3.8, 4) is 0 Å². The fraction of sp³-hybridized carbons (Fsp3) is 0.933. The number of nitrogens with zero attached hydrogens (tertiary/aromatic N) is 1. The standard InChI is InChI=1S/C11H20N2O2.2C2H6/c1-10(2,3)15-9(14)13-7-11(8-13)4-5-12-6-11;2*1-2/h12H,4-8H2,1-3H3;2*1-2H3. The van der Waals surface area contributed by atoms with Gasteiger partial charge in [0, 0.05) is 25.0 Å². The molecule has 2 aliphatic rings. The van der Waals surface area contributed by atoms with Crippen LogP contribution in [0.15, 0.2) is 0 Å². The van der Waals surface area contributed by atoms with Crippen molar-refractivity contribution < 1.29 is 9.53 Å². The van der Waals surface area contributed by atoms with Gasteiger partial charge in [-0.3, -0.25) is 0 Å². The molecular formula is C15H32N2O2. The molecule has 2 fully saturated rings. The molecule has 0 saturated carbocycles. The van der Waals surface area contributed by atoms with Gasteiger partial charge in [0.25, 0.3) is 0 Å². The van der Waals surface area contributed by atoms with E-state index in [0.717, 1.165) is 26.2 Å². The highest BCUT2D eigenvalue weighted by atomic mass is 16.6. The molecule has 0 unspecified atom stereocenters. The van der Waals surface area contributed by atoms with Gasteiger partial charge in [-0.25, -0.2) is 4.79 Å². The van der Waals surface area contributed by atoms with Crippen LogP contribution < -0.4 is 5.32 Å². The van der Waals surface area contributed by atoms with E-state index in [1.807, 2.05) is 48.5 Å². The number of hydrogen-bond acceptors (Lipinski definition) is 3. The van der Waals surface area contributed by atoms with Crippen molar-refractivity contribution in [2.75, 3.05) is 26.2 Å². The molecule has 0 aromatic heterocycles. The van der Waals surface area contributed by atoms with E-state index in [1.54, 1.807) is 4.90 Å². The highest BCUT2D eigenvalue weighted by Crippen LogP contribution is 2.36. The van der Waals surface area contributed by atoms with Crippen molar-refractivity contribution in [1.29, 1.82) is 0 Å². The Labute approximate surface area is 118 Å². The number of carbonyl (C=O) groups excluding carboxylic acids is 1. The smallest absolute Gasteiger partial charge is 0.410 e. The third kappa shape index (κ3) is 5.39. The van der Waals surface area contributed by atoms with Crippen LogP contribution in [0.5, 0.6) is 0 Å². The summed E-state index contributed by atoms with van der Waals surface area (Å²) >= 11 is 0. The van der Waals surface area contributed by atoms with E-state index in [9.17, 15) is 4.79 Å². The first-order chi connectivity index (χ1) is 8.90. The number of hydrogen-bond donors (Lipinski definition) is 1. The van der Waals surface area contributed by atoms with Crippen molar-refractivity contribution >= 4 is 6.09 Å². The highest BCUT2D eigenvalue weighted by Gasteiger charge is 2.47. The monoisotopic (exact) mass is 272 g/mol. The molecule has 2 heterocycles. The lowest BCUT2D eigenvalue weighted by atomic mass is 9.79. The fourth-order valence-electron chi connectivity index (χ4n) is 2.28. The lowest BCUT2D eigenvalue weighted by Gasteiger charge is -2.47. The topological polar surface area (TPSA) is 41.6 Å². The van der Waals surface area contributed by atoms with E-state index in [1.165, 1.54) is 6.42 Å². The van der Waals surface area contributed by atoms with Crippen molar-refractivity contribution in [3.05, 3.63) is 0 Å². The van der Waals surface area contributed by atoms with Crippen LogP contribution in [0.1, 0.15) is 54.9 Å². The molecule has 0 atom stereocenters. The number of amides is 1. The van der Waals surface area contributed by atoms with Gasteiger partial charge in [-0.2, -0.15) is 0 Å². The summed E-state index contributed by atoms with van der Waals surface area (Å²) in [6.45, 7) is 17.5. The van der Waals surface area contributed by atoms with Crippen molar-refractivity contribution in [2.24, 2.45) is 5.41 Å². The normalized spacial score (nSPS) is 19.6. The quantitative estimate of drug-likeness (QED) is 0.736. The second-order valence-electron chi connectivity index (χ2n) is 5.76. The molecule has 0 radical (unpaired) electrons. The van der Waals surface area contributed by atoms with Crippen LogP contribution in [-0.2, 0) is 4.74 Å². The van der Waals surface area contributed by atoms with E-state index in [0.29, 0.717) is 5.41 Å². The molecular weight excluding hydrogens is 240 g/mol. The largest absolute Gasteiger partial charge is 0.444 e. The summed E-state index contributed by atoms with van der Waals surface area (Å²) < 4.78 is 5.31. The van der Waals surface area contributed by atoms with E-state index >= 15 is 0 Å². The van der Waals surface area contributed by atoms with Crippen LogP contribution in [0.25, 0.3) is 0 Å². The molecule has 0 aromatic carbocycles. The fourth-order valence-corrected chi connectivity index (χ4v) is 2.28. The van der Waals surface area contributed by atoms with Gasteiger partial charge in [0.2, 0.25) is 0 Å². The first-order valence-corrected chi connectivity index (χ1v) is 7.59. The van der Waals surface area contributed by atoms with Gasteiger partial charge in [0.05, 0.1) is 0 Å². The molecule has 1 N–H and O–H groups in total. The van der Waals surface area contributed by atoms with Crippen LogP contribution in [0.2, 0.25) is 0 Å². The third-order valence-electron chi connectivity index (χ3n) is 3.04. The zero-order valence-electron chi connectivity index (χ0n) is 13.8. The maximum Gasteiger partial charge on any atom is 0.410 e. The van der Waals surface area contributed by atoms with Crippen LogP contribution in [0.4, 0.5) is 4.79 Å². The van der Waals surface area contributed by atoms with E-state index in [4.69, 9.17) is 4.74 Å². The zero-order valence-corrected chi connectivity index (χ0v) is 13.8. The summed E-state index contributed by atoms with van der Waals surface area (Å²) in [5.41, 5.74) is -0.0231. The first-order valence-electron chi connectivity index (χ1n) is 7.59. The summed E-state index contributed by atoms with van der Waals surface area (Å²) in [6, 6.07) is 0. The number of ether oxygens (including phenoxy) is 1. The Hall–Kier alpha value is -0.770. The van der Waals surface area contributed by atoms with E-state index in [2.05, 4.69) is 5.32 Å². The lowest BCUT2D eigenvalue weighted by molar-refractivity contribution is -0.0271. The Morgan fingerprint density at radius 2 is 1.68 bits per heavy atom. The Bertz CT molecular complexity index is 258. The Kier molecular flexibility index (Phi) is 7.42. The number of rotatable bonds is 0. The minimum Gasteiger partial charge on any atom is -0.444 e. The molecule has 19 heavy (non-hydrogen) atoms. The molecule has 114 valence electrons. The summed E-state index contributed by atoms with van der Waals surface area (Å²) in [7, 11) is 0. The van der Waals surface area contributed by atoms with Crippen LogP contribution in [0.3, 0.4) is 0 Å². The Balaban J connectivity index is 0.000000741. The van der Waals surface area contributed by atoms with Crippen LogP contribution >= 0.6 is 0 Å². The maximum absolute atomic E-state index is 11.7. The van der Waals surface area contributed by atoms with Gasteiger partial charge < -0.3 is 15.0 Å². The molecule has 2 aliphatic heterocycles. The molecule has 0 aromatic rings. The number of carbonyl (C=O) groups is 1. The molecule has 2 saturated heterocycles. The lowest BCUT2D eigenvalue weighted by Crippen LogP contribution is -2.60. The van der Waals surface area contributed by atoms with Gasteiger partial charge in [0.1, 0.15) is 5.60 Å². The van der Waals surface area contributed by atoms with E-state index in [-0.39, 0.29) is 11.7 Å². The molecule has 4 nitrogen and oxygen atoms in total. The Morgan fingerprint density at radius 1 is 1.16 bits per heavy atom. The second kappa shape index (κ2) is 7.73. The maximum atomic E-state index is 11.7. The van der Waals surface area contributed by atoms with Gasteiger partial charge in [0.15, 0.2) is 0 Å². The minimum absolute atomic E-state index is 0.167. The van der Waals surface area contributed by atoms with Crippen LogP contribution in [0, 0.1) is 5.41 Å². The molecule has 1 spiro atoms. The van der Waals surface area contributed by atoms with Gasteiger partial charge in [-0.05, 0) is 33.7 Å². The van der Waals surface area contributed by atoms with Gasteiger partial charge in [-0.15, -0.1) is 0 Å². The zero-order chi connectivity index (χ0) is 15.1. The van der Waals surface area contributed by atoms with Gasteiger partial charge in [-0.1, -0.05) is 27.7 Å². The van der Waals surface area contributed by atoms with Gasteiger partial charge >= 0.3 is 6.09 Å². The predicted molar refractivity (Wildman–Crippen MR) is 80.4 cm³/mol. The van der Waals surface area contributed by atoms with Crippen LogP contribution in [-0.4, -0.2) is 42.8 Å². The average molecular weight is 272 g/mol. The van der Waals surface area contributed by atoms with Crippen molar-refractivity contribution in [2.45, 2.75) is 60.5 Å². The van der Waals surface area contributed by atoms with Crippen molar-refractivity contribution in [1.82, 2.24) is 10.2 Å². The average Bonchev–Trinajstić information content (AvgIpc) is 2.79. The predicted octanol–water partition coefficient (Wildman–Crippen LogP) is 3.27. The molecule has 1 amide bonds. The Morgan fingerprint density at radius 3 is 2.05 bits per heavy atom. The van der Waals surface area contributed by atoms with Crippen molar-refractivity contribution in [3.63, 3.8) is 0 Å². The minimum atomic E-state index is -0.381. The SMILES string of the molecule is CC.CC.CC(C)(C)OC(=O)N1CC2(CCNC2)C1. The molecule has 0 bridgehead atoms. The summed E-state index contributed by atoms with van der Waals surface area (Å²) in [5, 5.41) is 3.34. The highest BCUT2D eigenvalue weighted by molar-refractivity contribution is 5.69. The second-order valence-corrected chi connectivity index (χ2v) is 5.76. The summed E-state index contributed by atoms with van der Waals surface area (Å²) in [5.74, 6) is 0. The molecule has 2 rings (SSSR count). The summed E-state index contributed by atoms with van der Waals surface area (Å²) in [6.07, 6.45) is 1.02. The third-order valence-corrected chi connectivity index (χ3v) is 3.04. The number of likely N-dealkylation sites (tertiary alicyclic amines) is 1. The first kappa shape index (κ1) is 18.2. The molecule has 4 heteroatoms. The number of nitrogens with one attached hydrogen (secondary N) is 1. The summed E-state index contributed by atoms with van der Waals surface area (Å²) in [4.78, 5) is 13.5.